The molecule has 0 aliphatic heterocycles. The van der Waals surface area contributed by atoms with Gasteiger partial charge in [-0.15, -0.1) is 0 Å². The molecule has 1 rings (SSSR count). The van der Waals surface area contributed by atoms with Crippen molar-refractivity contribution in [2.24, 2.45) is 7.05 Å². The standard InChI is InChI=1S/C5H5ClF2N2O/c1-10-3(5(6,7)8)2-4(11)9-10/h2H,1H3,(H,9,11). The Kier molecular flexibility index (Phi) is 1.75. The highest BCUT2D eigenvalue weighted by Gasteiger charge is 2.31. The van der Waals surface area contributed by atoms with Crippen molar-refractivity contribution in [3.8, 4) is 0 Å². The molecule has 0 fully saturated rings. The van der Waals surface area contributed by atoms with Gasteiger partial charge in [0.05, 0.1) is 0 Å². The second kappa shape index (κ2) is 2.34. The van der Waals surface area contributed by atoms with Crippen LogP contribution in [0.1, 0.15) is 5.69 Å². The fraction of sp³-hybridized carbons (Fsp3) is 0.400. The molecule has 0 saturated heterocycles. The minimum atomic E-state index is -3.49. The molecule has 0 spiro atoms. The van der Waals surface area contributed by atoms with Gasteiger partial charge < -0.3 is 0 Å². The number of aromatic amines is 1. The van der Waals surface area contributed by atoms with Crippen LogP contribution in [0, 0.1) is 0 Å². The van der Waals surface area contributed by atoms with E-state index in [-0.39, 0.29) is 0 Å². The Morgan fingerprint density at radius 2 is 2.27 bits per heavy atom. The topological polar surface area (TPSA) is 37.8 Å². The van der Waals surface area contributed by atoms with E-state index in [0.29, 0.717) is 0 Å². The van der Waals surface area contributed by atoms with E-state index in [4.69, 9.17) is 0 Å². The van der Waals surface area contributed by atoms with Crippen LogP contribution in [0.15, 0.2) is 10.9 Å². The molecular formula is C5H5ClF2N2O. The Bertz CT molecular complexity index is 311. The van der Waals surface area contributed by atoms with Crippen molar-refractivity contribution in [3.63, 3.8) is 0 Å². The third-order valence-corrected chi connectivity index (χ3v) is 1.39. The van der Waals surface area contributed by atoms with Crippen LogP contribution < -0.4 is 5.56 Å². The van der Waals surface area contributed by atoms with Crippen LogP contribution in [-0.2, 0) is 12.4 Å². The van der Waals surface area contributed by atoms with Crippen molar-refractivity contribution in [2.45, 2.75) is 5.38 Å². The van der Waals surface area contributed by atoms with E-state index in [0.717, 1.165) is 10.7 Å². The van der Waals surface area contributed by atoms with Crippen LogP contribution in [0.3, 0.4) is 0 Å². The summed E-state index contributed by atoms with van der Waals surface area (Å²) in [6.45, 7) is 0. The van der Waals surface area contributed by atoms with E-state index >= 15 is 0 Å². The summed E-state index contributed by atoms with van der Waals surface area (Å²) in [5.74, 6) is 0. The zero-order valence-corrected chi connectivity index (χ0v) is 6.32. The zero-order valence-electron chi connectivity index (χ0n) is 5.57. The first-order valence-corrected chi connectivity index (χ1v) is 3.12. The van der Waals surface area contributed by atoms with Gasteiger partial charge in [-0.1, -0.05) is 0 Å². The summed E-state index contributed by atoms with van der Waals surface area (Å²) in [6, 6.07) is 0.757. The molecule has 1 aromatic heterocycles. The molecule has 0 atom stereocenters. The number of nitrogens with zero attached hydrogens (tertiary/aromatic N) is 1. The molecule has 0 amide bonds. The van der Waals surface area contributed by atoms with Crippen LogP contribution in [0.5, 0.6) is 0 Å². The lowest BCUT2D eigenvalue weighted by atomic mass is 10.4. The van der Waals surface area contributed by atoms with Gasteiger partial charge in [-0.25, -0.2) is 0 Å². The van der Waals surface area contributed by atoms with Crippen LogP contribution in [0.2, 0.25) is 0 Å². The van der Waals surface area contributed by atoms with Crippen LogP contribution >= 0.6 is 11.6 Å². The highest BCUT2D eigenvalue weighted by molar-refractivity contribution is 6.21. The van der Waals surface area contributed by atoms with Crippen molar-refractivity contribution in [3.05, 3.63) is 22.1 Å². The van der Waals surface area contributed by atoms with Crippen molar-refractivity contribution >= 4 is 11.6 Å². The molecule has 11 heavy (non-hydrogen) atoms. The molecular weight excluding hydrogens is 178 g/mol. The molecule has 1 heterocycles. The van der Waals surface area contributed by atoms with Gasteiger partial charge in [-0.3, -0.25) is 14.6 Å². The van der Waals surface area contributed by atoms with E-state index < -0.39 is 16.6 Å². The lowest BCUT2D eigenvalue weighted by Crippen LogP contribution is -2.10. The summed E-state index contributed by atoms with van der Waals surface area (Å²) in [7, 11) is 1.28. The lowest BCUT2D eigenvalue weighted by molar-refractivity contribution is 0.0853. The quantitative estimate of drug-likeness (QED) is 0.647. The first-order valence-electron chi connectivity index (χ1n) is 2.74. The molecule has 0 unspecified atom stereocenters. The summed E-state index contributed by atoms with van der Waals surface area (Å²) >= 11 is 4.66. The number of alkyl halides is 3. The normalized spacial score (nSPS) is 12.0. The molecule has 1 aromatic rings. The highest BCUT2D eigenvalue weighted by Crippen LogP contribution is 2.30. The average Bonchev–Trinajstić information content (AvgIpc) is 2.08. The van der Waals surface area contributed by atoms with E-state index in [1.807, 2.05) is 0 Å². The van der Waals surface area contributed by atoms with Crippen LogP contribution in [0.25, 0.3) is 0 Å². The van der Waals surface area contributed by atoms with E-state index in [1.54, 1.807) is 0 Å². The second-order valence-electron chi connectivity index (χ2n) is 2.06. The highest BCUT2D eigenvalue weighted by atomic mass is 35.5. The fourth-order valence-corrected chi connectivity index (χ4v) is 0.932. The molecule has 62 valence electrons. The SMILES string of the molecule is Cn1[nH]c(=O)cc1C(F)(F)Cl. The predicted octanol–water partition coefficient (Wildman–Crippen LogP) is 1.00. The van der Waals surface area contributed by atoms with Crippen LogP contribution in [-0.4, -0.2) is 9.78 Å². The maximum Gasteiger partial charge on any atom is 0.364 e. The van der Waals surface area contributed by atoms with Gasteiger partial charge in [0.1, 0.15) is 5.69 Å². The Hall–Kier alpha value is -0.840. The van der Waals surface area contributed by atoms with Gasteiger partial charge in [0.15, 0.2) is 0 Å². The van der Waals surface area contributed by atoms with E-state index in [1.165, 1.54) is 7.05 Å². The number of aromatic nitrogens is 2. The van der Waals surface area contributed by atoms with Crippen molar-refractivity contribution < 1.29 is 8.78 Å². The van der Waals surface area contributed by atoms with Gasteiger partial charge >= 0.3 is 5.38 Å². The number of rotatable bonds is 1. The molecule has 1 N–H and O–H groups in total. The molecule has 3 nitrogen and oxygen atoms in total. The first kappa shape index (κ1) is 8.26. The largest absolute Gasteiger partial charge is 0.364 e. The summed E-state index contributed by atoms with van der Waals surface area (Å²) < 4.78 is 25.5. The number of halogens is 3. The second-order valence-corrected chi connectivity index (χ2v) is 2.54. The minimum absolute atomic E-state index is 0.538. The number of hydrogen-bond donors (Lipinski definition) is 1. The number of aryl methyl sites for hydroxylation is 1. The predicted molar refractivity (Wildman–Crippen MR) is 35.8 cm³/mol. The zero-order chi connectivity index (χ0) is 8.65. The Morgan fingerprint density at radius 3 is 2.45 bits per heavy atom. The molecule has 0 radical (unpaired) electrons. The third-order valence-electron chi connectivity index (χ3n) is 1.20. The van der Waals surface area contributed by atoms with E-state index in [9.17, 15) is 13.6 Å². The Labute approximate surface area is 65.6 Å². The van der Waals surface area contributed by atoms with Gasteiger partial charge in [0.2, 0.25) is 0 Å². The maximum absolute atomic E-state index is 12.3. The Morgan fingerprint density at radius 1 is 1.73 bits per heavy atom. The molecule has 6 heteroatoms. The average molecular weight is 183 g/mol. The van der Waals surface area contributed by atoms with Gasteiger partial charge in [0.25, 0.3) is 5.56 Å². The van der Waals surface area contributed by atoms with Crippen molar-refractivity contribution in [1.29, 1.82) is 0 Å². The molecule has 0 aromatic carbocycles. The first-order chi connectivity index (χ1) is 4.91. The summed E-state index contributed by atoms with van der Waals surface area (Å²) in [5, 5.41) is -1.38. The molecule has 0 bridgehead atoms. The molecule has 0 saturated carbocycles. The van der Waals surface area contributed by atoms with Gasteiger partial charge in [-0.2, -0.15) is 8.78 Å². The lowest BCUT2D eigenvalue weighted by Gasteiger charge is -2.06. The number of H-pyrrole nitrogens is 1. The summed E-state index contributed by atoms with van der Waals surface area (Å²) in [6.07, 6.45) is 0. The Balaban J connectivity index is 3.24. The monoisotopic (exact) mass is 182 g/mol. The van der Waals surface area contributed by atoms with E-state index in [2.05, 4.69) is 16.7 Å². The van der Waals surface area contributed by atoms with Gasteiger partial charge in [-0.05, 0) is 11.6 Å². The summed E-state index contributed by atoms with van der Waals surface area (Å²) in [5.41, 5.74) is -1.13. The van der Waals surface area contributed by atoms with Crippen molar-refractivity contribution in [2.75, 3.05) is 0 Å². The maximum atomic E-state index is 12.3. The minimum Gasteiger partial charge on any atom is -0.285 e. The fourth-order valence-electron chi connectivity index (χ4n) is 0.751. The van der Waals surface area contributed by atoms with Gasteiger partial charge in [0, 0.05) is 13.1 Å². The van der Waals surface area contributed by atoms with Crippen LogP contribution in [0.4, 0.5) is 8.78 Å². The smallest absolute Gasteiger partial charge is 0.285 e. The molecule has 0 aliphatic carbocycles. The third kappa shape index (κ3) is 1.59. The number of hydrogen-bond acceptors (Lipinski definition) is 1. The summed E-state index contributed by atoms with van der Waals surface area (Å²) in [4.78, 5) is 10.5. The van der Waals surface area contributed by atoms with Crippen molar-refractivity contribution in [1.82, 2.24) is 9.78 Å². The number of nitrogens with one attached hydrogen (secondary N) is 1. The molecule has 0 aliphatic rings.